The van der Waals surface area contributed by atoms with E-state index in [1.54, 1.807) is 44.5 Å². The first kappa shape index (κ1) is 100. The van der Waals surface area contributed by atoms with E-state index >= 15 is 0 Å². The Balaban J connectivity index is 0.863. The molecule has 0 saturated heterocycles. The summed E-state index contributed by atoms with van der Waals surface area (Å²) in [5, 5.41) is 7.60. The number of benzene rings is 12. The number of hydrogen-bond donors (Lipinski definition) is 0. The molecule has 20 rings (SSSR count). The van der Waals surface area contributed by atoms with Gasteiger partial charge in [0, 0.05) is 87.6 Å². The van der Waals surface area contributed by atoms with Crippen LogP contribution in [-0.4, -0.2) is 0 Å². The third kappa shape index (κ3) is 18.6. The fourth-order valence-corrected chi connectivity index (χ4v) is 29.1. The molecule has 5 aliphatic rings. The van der Waals surface area contributed by atoms with Gasteiger partial charge < -0.3 is 18.2 Å². The van der Waals surface area contributed by atoms with Gasteiger partial charge >= 0.3 is 0 Å². The van der Waals surface area contributed by atoms with E-state index < -0.39 is 5.41 Å². The second-order valence-corrected chi connectivity index (χ2v) is 46.0. The quantitative estimate of drug-likeness (QED) is 0.0356. The van der Waals surface area contributed by atoms with Gasteiger partial charge in [0.2, 0.25) is 0 Å². The number of hydrogen-bond acceptors (Lipinski definition) is 4. The standard InChI is InChI=1S/C139H169NO3/c1-11-19-27-35-43-58-84-136(85-59-44-36-28-20-12-2)113-82-83-123-126(106-69-51-55-73-120(106)141-123)125(113)111-97-117-110(96-118(111)136)102-79-76-100(93-115(102)137(117,86-60-45-37-29-21-13-3)87-61-46-38-30-22-14-4)140(99-77-80-104-114(92-99)135(9,10)119-95-109(98-66-48-47-49-67-98)133-128(124(104)119)107-70-52-56-74-121(107)142-133)101-78-81-105-116(94-101)139(90-64-41-33-25-17-7,91-65-42-34-26-18-8)131-127(105)129-108-71-53-57-75-122(108)143-134(129)130-103-68-50-54-72-112(103)138(132(130)131,88-62-39-31-23-15-5)89-63-40-32-24-16-6/h47-57,66-83,92-97H,11-46,58-65,84-91H2,1-10H3. The number of furan rings is 3. The lowest BCUT2D eigenvalue weighted by molar-refractivity contribution is 0.369. The van der Waals surface area contributed by atoms with E-state index in [1.165, 1.54) is 417 Å². The van der Waals surface area contributed by atoms with Crippen molar-refractivity contribution >= 4 is 82.9 Å². The zero-order valence-electron chi connectivity index (χ0n) is 89.6. The third-order valence-corrected chi connectivity index (χ3v) is 36.4. The Hall–Kier alpha value is -10.2. The topological polar surface area (TPSA) is 42.7 Å². The van der Waals surface area contributed by atoms with Crippen LogP contribution in [0.1, 0.15) is 459 Å². The SMILES string of the molecule is CCCCCCCCC1(CCCCCCCC)c2cc(N(c3ccc4c(c3)C(C)(C)c3cc(-c5ccccc5)c5oc6ccccc6c5c3-4)c3ccc4c(c3)C(CCCCCCC)(CCCCCCC)c3c5c(c6oc7ccccc7c6c3-4)-c3ccccc3C5(CCCCCCC)CCCCCCC)ccc2-c2cc3c(cc21)-c1c(ccc2oc4ccccc4c12)C3(CCCCCCCC)CCCCCCCC. The Morgan fingerprint density at radius 3 is 1.02 bits per heavy atom. The van der Waals surface area contributed by atoms with Gasteiger partial charge in [-0.1, -0.05) is 485 Å². The van der Waals surface area contributed by atoms with Gasteiger partial charge in [-0.2, -0.15) is 0 Å². The van der Waals surface area contributed by atoms with Gasteiger partial charge in [0.05, 0.1) is 0 Å². The van der Waals surface area contributed by atoms with E-state index in [2.05, 4.69) is 286 Å². The van der Waals surface area contributed by atoms with Crippen LogP contribution in [0.3, 0.4) is 0 Å². The van der Waals surface area contributed by atoms with Crippen LogP contribution in [0.15, 0.2) is 226 Å². The van der Waals surface area contributed by atoms with Crippen molar-refractivity contribution in [3.05, 3.63) is 268 Å². The van der Waals surface area contributed by atoms with Crippen LogP contribution in [0.4, 0.5) is 17.1 Å². The van der Waals surface area contributed by atoms with Gasteiger partial charge in [0.25, 0.3) is 0 Å². The lowest BCUT2D eigenvalue weighted by Gasteiger charge is -2.40. The molecule has 0 bridgehead atoms. The van der Waals surface area contributed by atoms with Crippen molar-refractivity contribution in [2.24, 2.45) is 0 Å². The maximum absolute atomic E-state index is 7.83. The minimum Gasteiger partial charge on any atom is -0.456 e. The number of fused-ring (bicyclic) bond motifs is 29. The summed E-state index contributed by atoms with van der Waals surface area (Å²) < 4.78 is 22.2. The molecule has 0 saturated carbocycles. The van der Waals surface area contributed by atoms with E-state index in [0.29, 0.717) is 0 Å². The maximum Gasteiger partial charge on any atom is 0.144 e. The molecule has 0 N–H and O–H groups in total. The number of nitrogens with zero attached hydrogens (tertiary/aromatic N) is 1. The van der Waals surface area contributed by atoms with Gasteiger partial charge in [-0.05, 0) is 241 Å². The highest BCUT2D eigenvalue weighted by Gasteiger charge is 2.56. The molecule has 0 radical (unpaired) electrons. The van der Waals surface area contributed by atoms with E-state index in [0.717, 1.165) is 77.6 Å². The van der Waals surface area contributed by atoms with Gasteiger partial charge in [-0.25, -0.2) is 0 Å². The lowest BCUT2D eigenvalue weighted by Crippen LogP contribution is -2.33. The van der Waals surface area contributed by atoms with Crippen molar-refractivity contribution < 1.29 is 13.3 Å². The summed E-state index contributed by atoms with van der Waals surface area (Å²) in [7, 11) is 0. The van der Waals surface area contributed by atoms with Crippen molar-refractivity contribution in [1.29, 1.82) is 0 Å². The predicted octanol–water partition coefficient (Wildman–Crippen LogP) is 44.3. The number of unbranched alkanes of at least 4 members (excludes halogenated alkanes) is 36. The Labute approximate surface area is 860 Å². The van der Waals surface area contributed by atoms with Crippen molar-refractivity contribution in [2.45, 2.75) is 430 Å². The Kier molecular flexibility index (Phi) is 31.5. The van der Waals surface area contributed by atoms with Crippen molar-refractivity contribution in [3.63, 3.8) is 0 Å². The molecular weight excluding hydrogens is 1730 g/mol. The smallest absolute Gasteiger partial charge is 0.144 e. The van der Waals surface area contributed by atoms with Crippen molar-refractivity contribution in [3.8, 4) is 66.8 Å². The lowest BCUT2D eigenvalue weighted by atomic mass is 9.62. The zero-order valence-corrected chi connectivity index (χ0v) is 89.6. The van der Waals surface area contributed by atoms with Crippen LogP contribution in [0.25, 0.3) is 133 Å². The average molecular weight is 1900 g/mol. The Morgan fingerprint density at radius 1 is 0.203 bits per heavy atom. The summed E-state index contributed by atoms with van der Waals surface area (Å²) in [6, 6.07) is 86.1. The number of rotatable bonds is 56. The molecule has 4 nitrogen and oxygen atoms in total. The van der Waals surface area contributed by atoms with E-state index in [9.17, 15) is 0 Å². The van der Waals surface area contributed by atoms with Crippen molar-refractivity contribution in [1.82, 2.24) is 0 Å². The van der Waals surface area contributed by atoms with Crippen LogP contribution >= 0.6 is 0 Å². The highest BCUT2D eigenvalue weighted by Crippen LogP contribution is 2.70. The molecule has 4 heteroatoms. The van der Waals surface area contributed by atoms with Crippen LogP contribution in [-0.2, 0) is 27.1 Å². The molecule has 0 aliphatic heterocycles. The molecule has 0 unspecified atom stereocenters. The minimum atomic E-state index is -0.405. The zero-order chi connectivity index (χ0) is 98.1. The summed E-state index contributed by atoms with van der Waals surface area (Å²) >= 11 is 0. The molecule has 3 aromatic heterocycles. The molecule has 15 aromatic rings. The molecule has 0 fully saturated rings. The summed E-state index contributed by atoms with van der Waals surface area (Å²) in [5.41, 5.74) is 40.7. The molecular formula is C139H169NO3. The average Bonchev–Trinajstić information content (AvgIpc) is 1.49. The molecule has 0 amide bonds. The summed E-state index contributed by atoms with van der Waals surface area (Å²) in [5.74, 6) is 0. The highest BCUT2D eigenvalue weighted by atomic mass is 16.3. The Bertz CT molecular complexity index is 6860. The van der Waals surface area contributed by atoms with E-state index in [1.807, 2.05) is 0 Å². The number of anilines is 3. The van der Waals surface area contributed by atoms with Gasteiger partial charge in [0.15, 0.2) is 0 Å². The van der Waals surface area contributed by atoms with Gasteiger partial charge in [-0.3, -0.25) is 0 Å². The predicted molar refractivity (Wildman–Crippen MR) is 616 cm³/mol. The maximum atomic E-state index is 7.83. The minimum absolute atomic E-state index is 0.152. The van der Waals surface area contributed by atoms with Crippen molar-refractivity contribution in [2.75, 3.05) is 4.90 Å². The summed E-state index contributed by atoms with van der Waals surface area (Å²) in [4.78, 5) is 2.86. The molecule has 5 aliphatic carbocycles. The third-order valence-electron chi connectivity index (χ3n) is 36.4. The van der Waals surface area contributed by atoms with Crippen LogP contribution in [0.5, 0.6) is 0 Å². The first-order valence-corrected chi connectivity index (χ1v) is 59.0. The normalized spacial score (nSPS) is 14.8. The molecule has 143 heavy (non-hydrogen) atoms. The van der Waals surface area contributed by atoms with Gasteiger partial charge in [-0.15, -0.1) is 0 Å². The fourth-order valence-electron chi connectivity index (χ4n) is 29.1. The number of para-hydroxylation sites is 3. The summed E-state index contributed by atoms with van der Waals surface area (Å²) in [6.07, 6.45) is 64.7. The summed E-state index contributed by atoms with van der Waals surface area (Å²) in [6.45, 7) is 24.2. The molecule has 3 heterocycles. The molecule has 748 valence electrons. The fraction of sp³-hybridized carbons (Fsp3) is 0.482. The van der Waals surface area contributed by atoms with Crippen LogP contribution in [0.2, 0.25) is 0 Å². The van der Waals surface area contributed by atoms with E-state index in [-0.39, 0.29) is 21.7 Å². The molecule has 12 aromatic carbocycles. The first-order valence-electron chi connectivity index (χ1n) is 59.0. The molecule has 0 atom stereocenters. The van der Waals surface area contributed by atoms with Gasteiger partial charge in [0.1, 0.15) is 33.5 Å². The van der Waals surface area contributed by atoms with Crippen LogP contribution in [0, 0.1) is 0 Å². The van der Waals surface area contributed by atoms with Crippen LogP contribution < -0.4 is 4.90 Å². The highest BCUT2D eigenvalue weighted by molar-refractivity contribution is 6.22. The monoisotopic (exact) mass is 1900 g/mol. The second-order valence-electron chi connectivity index (χ2n) is 46.0. The molecule has 0 spiro atoms. The Morgan fingerprint density at radius 2 is 0.531 bits per heavy atom. The first-order chi connectivity index (χ1) is 70.4. The van der Waals surface area contributed by atoms with E-state index in [4.69, 9.17) is 13.3 Å². The largest absolute Gasteiger partial charge is 0.456 e. The second kappa shape index (κ2) is 45.0.